The monoisotopic (exact) mass is 393 g/mol. The largest absolute Gasteiger partial charge is 0.493 e. The highest BCUT2D eigenvalue weighted by molar-refractivity contribution is 6.07. The minimum absolute atomic E-state index is 0.293. The molecule has 0 spiro atoms. The lowest BCUT2D eigenvalue weighted by Crippen LogP contribution is -2.14. The summed E-state index contributed by atoms with van der Waals surface area (Å²) in [5.74, 6) is 1.06. The molecule has 0 atom stereocenters. The van der Waals surface area contributed by atoms with Crippen molar-refractivity contribution in [1.29, 1.82) is 0 Å². The molecular weight excluding hydrogens is 370 g/mol. The number of anilines is 1. The van der Waals surface area contributed by atoms with Crippen molar-refractivity contribution in [2.24, 2.45) is 0 Å². The molecule has 0 saturated heterocycles. The van der Waals surface area contributed by atoms with E-state index in [1.54, 1.807) is 24.3 Å². The van der Waals surface area contributed by atoms with Crippen LogP contribution in [0.3, 0.4) is 0 Å². The third-order valence-electron chi connectivity index (χ3n) is 4.36. The number of ether oxygens (including phenoxy) is 3. The number of carbonyl (C=O) groups excluding carboxylic acids is 1. The standard InChI is InChI=1S/C22H23N3O4/c1-5-29-20-12-11-17(24-25-20)15-10-9-14(2)18(13-15)23-22(26)16-7-6-8-19(27-3)21(16)28-4/h6-13H,5H2,1-4H3,(H,23,26). The summed E-state index contributed by atoms with van der Waals surface area (Å²) in [5, 5.41) is 11.2. The minimum atomic E-state index is -0.293. The van der Waals surface area contributed by atoms with Crippen LogP contribution in [0.15, 0.2) is 48.5 Å². The van der Waals surface area contributed by atoms with Gasteiger partial charge in [-0.05, 0) is 43.7 Å². The molecule has 150 valence electrons. The van der Waals surface area contributed by atoms with E-state index in [4.69, 9.17) is 14.2 Å². The number of hydrogen-bond acceptors (Lipinski definition) is 6. The second kappa shape index (κ2) is 9.05. The molecular formula is C22H23N3O4. The SMILES string of the molecule is CCOc1ccc(-c2ccc(C)c(NC(=O)c3cccc(OC)c3OC)c2)nn1. The highest BCUT2D eigenvalue weighted by Crippen LogP contribution is 2.32. The summed E-state index contributed by atoms with van der Waals surface area (Å²) in [6.07, 6.45) is 0. The van der Waals surface area contributed by atoms with E-state index in [-0.39, 0.29) is 5.91 Å². The van der Waals surface area contributed by atoms with Crippen LogP contribution in [0, 0.1) is 6.92 Å². The Kier molecular flexibility index (Phi) is 6.29. The molecule has 7 heteroatoms. The summed E-state index contributed by atoms with van der Waals surface area (Å²) in [7, 11) is 3.04. The quantitative estimate of drug-likeness (QED) is 0.650. The smallest absolute Gasteiger partial charge is 0.259 e. The van der Waals surface area contributed by atoms with Crippen LogP contribution in [0.25, 0.3) is 11.3 Å². The van der Waals surface area contributed by atoms with Crippen LogP contribution < -0.4 is 19.5 Å². The maximum absolute atomic E-state index is 12.9. The van der Waals surface area contributed by atoms with Gasteiger partial charge in [0.2, 0.25) is 5.88 Å². The first-order chi connectivity index (χ1) is 14.1. The number of nitrogens with zero attached hydrogens (tertiary/aromatic N) is 2. The van der Waals surface area contributed by atoms with Gasteiger partial charge in [-0.1, -0.05) is 18.2 Å². The number of carbonyl (C=O) groups is 1. The van der Waals surface area contributed by atoms with Crippen molar-refractivity contribution in [2.75, 3.05) is 26.1 Å². The molecule has 0 fully saturated rings. The van der Waals surface area contributed by atoms with E-state index in [0.717, 1.165) is 11.1 Å². The summed E-state index contributed by atoms with van der Waals surface area (Å²) in [5.41, 5.74) is 3.50. The third-order valence-corrected chi connectivity index (χ3v) is 4.36. The van der Waals surface area contributed by atoms with Gasteiger partial charge < -0.3 is 19.5 Å². The zero-order valence-corrected chi connectivity index (χ0v) is 16.9. The van der Waals surface area contributed by atoms with Crippen LogP contribution in [-0.2, 0) is 0 Å². The summed E-state index contributed by atoms with van der Waals surface area (Å²) in [4.78, 5) is 12.9. The van der Waals surface area contributed by atoms with Gasteiger partial charge in [-0.3, -0.25) is 4.79 Å². The van der Waals surface area contributed by atoms with E-state index < -0.39 is 0 Å². The van der Waals surface area contributed by atoms with Crippen molar-refractivity contribution in [3.63, 3.8) is 0 Å². The number of para-hydroxylation sites is 1. The molecule has 3 rings (SSSR count). The maximum atomic E-state index is 12.9. The predicted molar refractivity (Wildman–Crippen MR) is 111 cm³/mol. The molecule has 0 aliphatic carbocycles. The molecule has 0 saturated carbocycles. The minimum Gasteiger partial charge on any atom is -0.493 e. The lowest BCUT2D eigenvalue weighted by Gasteiger charge is -2.14. The molecule has 1 N–H and O–H groups in total. The van der Waals surface area contributed by atoms with Gasteiger partial charge in [-0.15, -0.1) is 10.2 Å². The van der Waals surface area contributed by atoms with Crippen molar-refractivity contribution in [3.05, 3.63) is 59.7 Å². The van der Waals surface area contributed by atoms with Crippen LogP contribution in [0.1, 0.15) is 22.8 Å². The number of hydrogen-bond donors (Lipinski definition) is 1. The predicted octanol–water partition coefficient (Wildman–Crippen LogP) is 4.12. The van der Waals surface area contributed by atoms with Gasteiger partial charge in [0.25, 0.3) is 5.91 Å². The number of methoxy groups -OCH3 is 2. The lowest BCUT2D eigenvalue weighted by molar-refractivity contribution is 0.102. The highest BCUT2D eigenvalue weighted by Gasteiger charge is 2.17. The second-order valence-corrected chi connectivity index (χ2v) is 6.21. The fourth-order valence-electron chi connectivity index (χ4n) is 2.87. The molecule has 0 radical (unpaired) electrons. The van der Waals surface area contributed by atoms with Crippen LogP contribution in [0.5, 0.6) is 17.4 Å². The average molecular weight is 393 g/mol. The summed E-state index contributed by atoms with van der Waals surface area (Å²) in [6.45, 7) is 4.34. The van der Waals surface area contributed by atoms with E-state index in [1.807, 2.05) is 38.1 Å². The van der Waals surface area contributed by atoms with Crippen LogP contribution >= 0.6 is 0 Å². The Labute approximate surface area is 169 Å². The number of rotatable bonds is 7. The summed E-state index contributed by atoms with van der Waals surface area (Å²) >= 11 is 0. The van der Waals surface area contributed by atoms with Gasteiger partial charge in [0.15, 0.2) is 11.5 Å². The molecule has 0 aliphatic heterocycles. The van der Waals surface area contributed by atoms with Gasteiger partial charge in [-0.25, -0.2) is 0 Å². The summed E-state index contributed by atoms with van der Waals surface area (Å²) in [6, 6.07) is 14.5. The Balaban J connectivity index is 1.88. The molecule has 1 amide bonds. The molecule has 2 aromatic carbocycles. The number of amides is 1. The van der Waals surface area contributed by atoms with Gasteiger partial charge in [0.05, 0.1) is 32.1 Å². The van der Waals surface area contributed by atoms with E-state index in [0.29, 0.717) is 40.9 Å². The van der Waals surface area contributed by atoms with E-state index in [9.17, 15) is 4.79 Å². The van der Waals surface area contributed by atoms with Crippen molar-refractivity contribution in [1.82, 2.24) is 10.2 Å². The molecule has 0 aliphatic rings. The van der Waals surface area contributed by atoms with Gasteiger partial charge in [0.1, 0.15) is 0 Å². The van der Waals surface area contributed by atoms with E-state index in [1.165, 1.54) is 14.2 Å². The maximum Gasteiger partial charge on any atom is 0.259 e. The Bertz CT molecular complexity index is 1000. The van der Waals surface area contributed by atoms with Gasteiger partial charge >= 0.3 is 0 Å². The lowest BCUT2D eigenvalue weighted by atomic mass is 10.1. The molecule has 3 aromatic rings. The summed E-state index contributed by atoms with van der Waals surface area (Å²) < 4.78 is 16.0. The molecule has 7 nitrogen and oxygen atoms in total. The van der Waals surface area contributed by atoms with Crippen LogP contribution in [0.4, 0.5) is 5.69 Å². The third kappa shape index (κ3) is 4.45. The fourth-order valence-corrected chi connectivity index (χ4v) is 2.87. The number of nitrogens with one attached hydrogen (secondary N) is 1. The normalized spacial score (nSPS) is 10.3. The van der Waals surface area contributed by atoms with Gasteiger partial charge in [0, 0.05) is 17.3 Å². The number of aryl methyl sites for hydroxylation is 1. The first-order valence-corrected chi connectivity index (χ1v) is 9.17. The van der Waals surface area contributed by atoms with E-state index >= 15 is 0 Å². The first-order valence-electron chi connectivity index (χ1n) is 9.17. The van der Waals surface area contributed by atoms with Crippen LogP contribution in [0.2, 0.25) is 0 Å². The average Bonchev–Trinajstić information content (AvgIpc) is 2.75. The zero-order chi connectivity index (χ0) is 20.8. The van der Waals surface area contributed by atoms with Crippen molar-refractivity contribution in [3.8, 4) is 28.6 Å². The Morgan fingerprint density at radius 1 is 1.03 bits per heavy atom. The fraction of sp³-hybridized carbons (Fsp3) is 0.227. The molecule has 1 aromatic heterocycles. The van der Waals surface area contributed by atoms with E-state index in [2.05, 4.69) is 15.5 Å². The van der Waals surface area contributed by atoms with Crippen molar-refractivity contribution in [2.45, 2.75) is 13.8 Å². The molecule has 0 bridgehead atoms. The van der Waals surface area contributed by atoms with Crippen molar-refractivity contribution >= 4 is 11.6 Å². The highest BCUT2D eigenvalue weighted by atomic mass is 16.5. The zero-order valence-electron chi connectivity index (χ0n) is 16.9. The molecule has 0 unspecified atom stereocenters. The topological polar surface area (TPSA) is 82.6 Å². The number of benzene rings is 2. The second-order valence-electron chi connectivity index (χ2n) is 6.21. The first kappa shape index (κ1) is 20.1. The van der Waals surface area contributed by atoms with Crippen molar-refractivity contribution < 1.29 is 19.0 Å². The molecule has 29 heavy (non-hydrogen) atoms. The van der Waals surface area contributed by atoms with Crippen LogP contribution in [-0.4, -0.2) is 36.9 Å². The Hall–Kier alpha value is -3.61. The number of aromatic nitrogens is 2. The van der Waals surface area contributed by atoms with Gasteiger partial charge in [-0.2, -0.15) is 0 Å². The molecule has 1 heterocycles. The Morgan fingerprint density at radius 3 is 2.52 bits per heavy atom. The Morgan fingerprint density at radius 2 is 1.86 bits per heavy atom.